The number of hydrogen-bond donors (Lipinski definition) is 3. The summed E-state index contributed by atoms with van der Waals surface area (Å²) in [5.41, 5.74) is -0.450. The highest BCUT2D eigenvalue weighted by molar-refractivity contribution is 5.18. The zero-order valence-corrected chi connectivity index (χ0v) is 15.3. The summed E-state index contributed by atoms with van der Waals surface area (Å²) in [5, 5.41) is 32.5. The zero-order valence-electron chi connectivity index (χ0n) is 15.3. The highest BCUT2D eigenvalue weighted by Crippen LogP contribution is 2.62. The van der Waals surface area contributed by atoms with E-state index in [1.807, 2.05) is 13.0 Å². The molecular formula is C20H34O3. The lowest BCUT2D eigenvalue weighted by Gasteiger charge is -2.64. The molecule has 0 aromatic carbocycles. The first-order chi connectivity index (χ1) is 10.5. The summed E-state index contributed by atoms with van der Waals surface area (Å²) in [6.45, 7) is 14.0. The third kappa shape index (κ3) is 2.92. The van der Waals surface area contributed by atoms with Crippen LogP contribution in [0.1, 0.15) is 60.3 Å². The van der Waals surface area contributed by atoms with Crippen LogP contribution in [-0.4, -0.2) is 33.1 Å². The minimum atomic E-state index is -1.30. The van der Waals surface area contributed by atoms with Crippen molar-refractivity contribution in [2.24, 2.45) is 22.7 Å². The summed E-state index contributed by atoms with van der Waals surface area (Å²) < 4.78 is 0. The van der Waals surface area contributed by atoms with E-state index in [4.69, 9.17) is 0 Å². The van der Waals surface area contributed by atoms with Gasteiger partial charge in [-0.25, -0.2) is 0 Å². The predicted octanol–water partition coefficient (Wildman–Crippen LogP) is 3.44. The minimum absolute atomic E-state index is 0.0126. The lowest BCUT2D eigenvalue weighted by molar-refractivity contribution is -0.265. The third-order valence-corrected chi connectivity index (χ3v) is 6.85. The Morgan fingerprint density at radius 2 is 1.78 bits per heavy atom. The second kappa shape index (κ2) is 6.02. The van der Waals surface area contributed by atoms with Gasteiger partial charge in [0.15, 0.2) is 0 Å². The van der Waals surface area contributed by atoms with E-state index >= 15 is 0 Å². The maximum absolute atomic E-state index is 11.1. The van der Waals surface area contributed by atoms with Crippen molar-refractivity contribution < 1.29 is 15.3 Å². The molecule has 2 aliphatic carbocycles. The van der Waals surface area contributed by atoms with Gasteiger partial charge in [0, 0.05) is 0 Å². The molecule has 0 radical (unpaired) electrons. The molecule has 0 saturated heterocycles. The summed E-state index contributed by atoms with van der Waals surface area (Å²) >= 11 is 0. The van der Waals surface area contributed by atoms with Crippen LogP contribution in [0.2, 0.25) is 0 Å². The fourth-order valence-corrected chi connectivity index (χ4v) is 5.67. The standard InChI is InChI=1S/C20H34O3/c1-7-13(2)9-10-14-19(5)12-8-11-18(3,4)16(19)15(21)17(22)20(14,6)23/h7,9,14-17,21-23H,1,8,10-12H2,2-6H3/b13-9-/t14-,15-,16+,17+,19-,20+/m0/s1. The molecule has 0 aromatic rings. The van der Waals surface area contributed by atoms with Crippen molar-refractivity contribution in [3.05, 3.63) is 24.3 Å². The van der Waals surface area contributed by atoms with E-state index in [0.717, 1.165) is 24.8 Å². The number of fused-ring (bicyclic) bond motifs is 1. The first kappa shape index (κ1) is 18.7. The van der Waals surface area contributed by atoms with Gasteiger partial charge >= 0.3 is 0 Å². The van der Waals surface area contributed by atoms with E-state index in [1.54, 1.807) is 6.92 Å². The molecule has 3 N–H and O–H groups in total. The topological polar surface area (TPSA) is 60.7 Å². The average Bonchev–Trinajstić information content (AvgIpc) is 2.43. The summed E-state index contributed by atoms with van der Waals surface area (Å²) in [5.74, 6) is -0.103. The molecule has 0 spiro atoms. The van der Waals surface area contributed by atoms with Gasteiger partial charge in [-0.15, -0.1) is 0 Å². The summed E-state index contributed by atoms with van der Waals surface area (Å²) in [6.07, 6.45) is 5.73. The van der Waals surface area contributed by atoms with E-state index in [2.05, 4.69) is 33.4 Å². The van der Waals surface area contributed by atoms with Crippen LogP contribution in [0, 0.1) is 22.7 Å². The number of aliphatic hydroxyl groups excluding tert-OH is 2. The molecule has 3 nitrogen and oxygen atoms in total. The van der Waals surface area contributed by atoms with Gasteiger partial charge in [-0.05, 0) is 55.8 Å². The van der Waals surface area contributed by atoms with Crippen molar-refractivity contribution in [1.82, 2.24) is 0 Å². The molecule has 0 unspecified atom stereocenters. The summed E-state index contributed by atoms with van der Waals surface area (Å²) in [6, 6.07) is 0. The smallest absolute Gasteiger partial charge is 0.109 e. The third-order valence-electron chi connectivity index (χ3n) is 6.85. The Bertz CT molecular complexity index is 491. The molecule has 2 saturated carbocycles. The molecule has 2 aliphatic rings. The molecule has 3 heteroatoms. The van der Waals surface area contributed by atoms with Gasteiger partial charge in [-0.3, -0.25) is 0 Å². The Kier molecular flexibility index (Phi) is 4.89. The molecule has 6 atom stereocenters. The quantitative estimate of drug-likeness (QED) is 0.698. The fraction of sp³-hybridized carbons (Fsp3) is 0.800. The van der Waals surface area contributed by atoms with Gasteiger partial charge in [0.05, 0.1) is 11.7 Å². The normalized spacial score (nSPS) is 47.0. The van der Waals surface area contributed by atoms with E-state index < -0.39 is 17.8 Å². The van der Waals surface area contributed by atoms with Crippen LogP contribution in [0.4, 0.5) is 0 Å². The van der Waals surface area contributed by atoms with Crippen LogP contribution in [0.15, 0.2) is 24.3 Å². The van der Waals surface area contributed by atoms with Crippen molar-refractivity contribution in [3.8, 4) is 0 Å². The van der Waals surface area contributed by atoms with Gasteiger partial charge in [0.25, 0.3) is 0 Å². The minimum Gasteiger partial charge on any atom is -0.390 e. The number of rotatable bonds is 3. The fourth-order valence-electron chi connectivity index (χ4n) is 5.67. The maximum atomic E-state index is 11.1. The first-order valence-corrected chi connectivity index (χ1v) is 8.86. The Morgan fingerprint density at radius 3 is 2.35 bits per heavy atom. The molecule has 0 heterocycles. The second-order valence-electron chi connectivity index (χ2n) is 8.93. The van der Waals surface area contributed by atoms with Crippen molar-refractivity contribution >= 4 is 0 Å². The van der Waals surface area contributed by atoms with E-state index in [0.29, 0.717) is 6.42 Å². The van der Waals surface area contributed by atoms with Crippen LogP contribution in [-0.2, 0) is 0 Å². The van der Waals surface area contributed by atoms with Crippen molar-refractivity contribution in [2.45, 2.75) is 78.1 Å². The highest BCUT2D eigenvalue weighted by Gasteiger charge is 2.64. The Balaban J connectivity index is 2.49. The van der Waals surface area contributed by atoms with Crippen molar-refractivity contribution in [1.29, 1.82) is 0 Å². The Morgan fingerprint density at radius 1 is 1.17 bits per heavy atom. The molecule has 2 fully saturated rings. The van der Waals surface area contributed by atoms with E-state index in [9.17, 15) is 15.3 Å². The maximum Gasteiger partial charge on any atom is 0.109 e. The number of hydrogen-bond acceptors (Lipinski definition) is 3. The molecular weight excluding hydrogens is 288 g/mol. The number of aliphatic hydroxyl groups is 3. The van der Waals surface area contributed by atoms with Crippen LogP contribution >= 0.6 is 0 Å². The summed E-state index contributed by atoms with van der Waals surface area (Å²) in [7, 11) is 0. The predicted molar refractivity (Wildman–Crippen MR) is 93.9 cm³/mol. The lowest BCUT2D eigenvalue weighted by Crippen LogP contribution is -2.69. The SMILES string of the molecule is C=C/C(C)=C\C[C@@H]1[C@@](C)(O)[C@H](O)[C@@H](O)[C@@H]2C(C)(C)CCC[C@]21C. The molecule has 0 amide bonds. The highest BCUT2D eigenvalue weighted by atomic mass is 16.4. The Labute approximate surface area is 141 Å². The van der Waals surface area contributed by atoms with Crippen LogP contribution < -0.4 is 0 Å². The van der Waals surface area contributed by atoms with Gasteiger partial charge in [-0.2, -0.15) is 0 Å². The molecule has 132 valence electrons. The van der Waals surface area contributed by atoms with Gasteiger partial charge in [0.2, 0.25) is 0 Å². The van der Waals surface area contributed by atoms with Gasteiger partial charge < -0.3 is 15.3 Å². The largest absolute Gasteiger partial charge is 0.390 e. The zero-order chi connectivity index (χ0) is 17.6. The Hall–Kier alpha value is -0.640. The van der Waals surface area contributed by atoms with Crippen molar-refractivity contribution in [3.63, 3.8) is 0 Å². The molecule has 0 aromatic heterocycles. The van der Waals surface area contributed by atoms with Crippen LogP contribution in [0.5, 0.6) is 0 Å². The van der Waals surface area contributed by atoms with Crippen molar-refractivity contribution in [2.75, 3.05) is 0 Å². The monoisotopic (exact) mass is 322 g/mol. The molecule has 2 rings (SSSR count). The van der Waals surface area contributed by atoms with Gasteiger partial charge in [-0.1, -0.05) is 51.5 Å². The van der Waals surface area contributed by atoms with Crippen LogP contribution in [0.3, 0.4) is 0 Å². The van der Waals surface area contributed by atoms with Crippen LogP contribution in [0.25, 0.3) is 0 Å². The second-order valence-corrected chi connectivity index (χ2v) is 8.93. The first-order valence-electron chi connectivity index (χ1n) is 8.86. The summed E-state index contributed by atoms with van der Waals surface area (Å²) in [4.78, 5) is 0. The van der Waals surface area contributed by atoms with E-state index in [1.165, 1.54) is 0 Å². The molecule has 0 aliphatic heterocycles. The molecule has 0 bridgehead atoms. The molecule has 23 heavy (non-hydrogen) atoms. The lowest BCUT2D eigenvalue weighted by atomic mass is 9.43. The van der Waals surface area contributed by atoms with Gasteiger partial charge in [0.1, 0.15) is 6.10 Å². The number of allylic oxidation sites excluding steroid dienone is 3. The van der Waals surface area contributed by atoms with E-state index in [-0.39, 0.29) is 22.7 Å². The average molecular weight is 322 g/mol.